The maximum absolute atomic E-state index is 13.1. The minimum absolute atomic E-state index is 0.0127. The van der Waals surface area contributed by atoms with Gasteiger partial charge in [-0.2, -0.15) is 0 Å². The van der Waals surface area contributed by atoms with Crippen LogP contribution in [0.5, 0.6) is 11.5 Å². The molecule has 4 aromatic rings. The lowest BCUT2D eigenvalue weighted by atomic mass is 10.1. The Morgan fingerprint density at radius 1 is 1.00 bits per heavy atom. The number of aliphatic imine (C=N–C) groups is 1. The first-order valence-electron chi connectivity index (χ1n) is 11.5. The number of nitrogens with one attached hydrogen (secondary N) is 1. The molecule has 0 radical (unpaired) electrons. The Kier molecular flexibility index (Phi) is 7.65. The van der Waals surface area contributed by atoms with Crippen LogP contribution >= 0.6 is 0 Å². The molecular formula is C28H27N3O5. The van der Waals surface area contributed by atoms with E-state index in [0.29, 0.717) is 36.6 Å². The Hall–Kier alpha value is -4.59. The second kappa shape index (κ2) is 11.2. The fraction of sp³-hybridized carbons (Fsp3) is 0.179. The van der Waals surface area contributed by atoms with Gasteiger partial charge in [0.2, 0.25) is 0 Å². The number of hydrogen-bond acceptors (Lipinski definition) is 5. The lowest BCUT2D eigenvalue weighted by Crippen LogP contribution is -2.18. The van der Waals surface area contributed by atoms with E-state index in [1.54, 1.807) is 43.1 Å². The summed E-state index contributed by atoms with van der Waals surface area (Å²) >= 11 is 0. The molecule has 1 amide bonds. The SMILES string of the molecule is CN=Cc1ccc(NC(=O)c2cc3cccc(OCCCOc4ccccc4)c3n2C)c(C(=O)O)c1. The monoisotopic (exact) mass is 485 g/mol. The molecule has 1 aromatic heterocycles. The van der Waals surface area contributed by atoms with E-state index in [4.69, 9.17) is 9.47 Å². The Bertz CT molecular complexity index is 1410. The number of rotatable bonds is 10. The van der Waals surface area contributed by atoms with Crippen LogP contribution in [0.3, 0.4) is 0 Å². The summed E-state index contributed by atoms with van der Waals surface area (Å²) in [6.45, 7) is 0.976. The number of ether oxygens (including phenoxy) is 2. The Balaban J connectivity index is 1.48. The van der Waals surface area contributed by atoms with Crippen LogP contribution < -0.4 is 14.8 Å². The van der Waals surface area contributed by atoms with E-state index in [1.165, 1.54) is 6.07 Å². The predicted octanol–water partition coefficient (Wildman–Crippen LogP) is 5.03. The van der Waals surface area contributed by atoms with Crippen molar-refractivity contribution < 1.29 is 24.2 Å². The molecule has 1 heterocycles. The van der Waals surface area contributed by atoms with E-state index in [-0.39, 0.29) is 11.3 Å². The summed E-state index contributed by atoms with van der Waals surface area (Å²) in [5, 5.41) is 13.2. The van der Waals surface area contributed by atoms with Gasteiger partial charge in [0.1, 0.15) is 17.2 Å². The quantitative estimate of drug-likeness (QED) is 0.242. The molecule has 8 heteroatoms. The number of fused-ring (bicyclic) bond motifs is 1. The first-order chi connectivity index (χ1) is 17.5. The number of aryl methyl sites for hydroxylation is 1. The first-order valence-corrected chi connectivity index (χ1v) is 11.5. The molecular weight excluding hydrogens is 458 g/mol. The maximum Gasteiger partial charge on any atom is 0.337 e. The summed E-state index contributed by atoms with van der Waals surface area (Å²) in [6, 6.07) is 21.7. The smallest absolute Gasteiger partial charge is 0.337 e. The Morgan fingerprint density at radius 2 is 1.78 bits per heavy atom. The summed E-state index contributed by atoms with van der Waals surface area (Å²) in [5.41, 5.74) is 1.99. The number of carbonyl (C=O) groups is 2. The van der Waals surface area contributed by atoms with E-state index in [2.05, 4.69) is 10.3 Å². The number of carbonyl (C=O) groups excluding carboxylic acids is 1. The standard InChI is InChI=1S/C28H27N3O5/c1-29-18-19-12-13-23(22(16-19)28(33)34)30-27(32)24-17-20-8-6-11-25(26(20)31(24)2)36-15-7-14-35-21-9-4-3-5-10-21/h3-6,8-13,16-18H,7,14-15H2,1-2H3,(H,30,32)(H,33,34). The largest absolute Gasteiger partial charge is 0.493 e. The number of carboxylic acid groups (broad SMARTS) is 1. The highest BCUT2D eigenvalue weighted by molar-refractivity contribution is 6.10. The zero-order valence-corrected chi connectivity index (χ0v) is 20.1. The number of hydrogen-bond donors (Lipinski definition) is 2. The molecule has 0 atom stereocenters. The molecule has 0 saturated heterocycles. The lowest BCUT2D eigenvalue weighted by Gasteiger charge is -2.12. The van der Waals surface area contributed by atoms with E-state index < -0.39 is 11.9 Å². The van der Waals surface area contributed by atoms with Crippen molar-refractivity contribution in [1.29, 1.82) is 0 Å². The van der Waals surface area contributed by atoms with E-state index in [1.807, 2.05) is 48.5 Å². The highest BCUT2D eigenvalue weighted by atomic mass is 16.5. The van der Waals surface area contributed by atoms with E-state index in [9.17, 15) is 14.7 Å². The second-order valence-corrected chi connectivity index (χ2v) is 8.10. The van der Waals surface area contributed by atoms with Crippen molar-refractivity contribution in [3.05, 3.63) is 89.6 Å². The minimum atomic E-state index is -1.14. The van der Waals surface area contributed by atoms with Crippen molar-refractivity contribution >= 4 is 34.7 Å². The molecule has 0 bridgehead atoms. The first kappa shape index (κ1) is 24.5. The molecule has 184 valence electrons. The normalized spacial score (nSPS) is 11.1. The number of anilines is 1. The van der Waals surface area contributed by atoms with Gasteiger partial charge in [-0.15, -0.1) is 0 Å². The minimum Gasteiger partial charge on any atom is -0.493 e. The van der Waals surface area contributed by atoms with Crippen molar-refractivity contribution in [2.24, 2.45) is 12.0 Å². The van der Waals surface area contributed by atoms with Gasteiger partial charge in [-0.1, -0.05) is 36.4 Å². The van der Waals surface area contributed by atoms with Gasteiger partial charge in [-0.05, 0) is 42.0 Å². The molecule has 0 aliphatic carbocycles. The number of carboxylic acids is 1. The summed E-state index contributed by atoms with van der Waals surface area (Å²) in [4.78, 5) is 28.8. The van der Waals surface area contributed by atoms with Gasteiger partial charge in [0.15, 0.2) is 0 Å². The van der Waals surface area contributed by atoms with Crippen molar-refractivity contribution in [1.82, 2.24) is 4.57 Å². The number of aromatic carboxylic acids is 1. The second-order valence-electron chi connectivity index (χ2n) is 8.10. The van der Waals surface area contributed by atoms with Crippen molar-refractivity contribution in [2.45, 2.75) is 6.42 Å². The van der Waals surface area contributed by atoms with Crippen LogP contribution in [0.4, 0.5) is 5.69 Å². The van der Waals surface area contributed by atoms with Crippen LogP contribution in [0.25, 0.3) is 10.9 Å². The van der Waals surface area contributed by atoms with Crippen molar-refractivity contribution in [3.63, 3.8) is 0 Å². The van der Waals surface area contributed by atoms with Gasteiger partial charge < -0.3 is 24.5 Å². The van der Waals surface area contributed by atoms with E-state index >= 15 is 0 Å². The third-order valence-corrected chi connectivity index (χ3v) is 5.61. The summed E-state index contributed by atoms with van der Waals surface area (Å²) in [6.07, 6.45) is 2.25. The molecule has 2 N–H and O–H groups in total. The molecule has 0 spiro atoms. The Labute approximate surface area is 208 Å². The molecule has 0 saturated carbocycles. The van der Waals surface area contributed by atoms with Crippen LogP contribution in [-0.4, -0.2) is 48.0 Å². The number of para-hydroxylation sites is 2. The zero-order chi connectivity index (χ0) is 25.5. The fourth-order valence-electron chi connectivity index (χ4n) is 3.92. The lowest BCUT2D eigenvalue weighted by molar-refractivity contribution is 0.0698. The molecule has 0 fully saturated rings. The number of nitrogens with zero attached hydrogens (tertiary/aromatic N) is 2. The topological polar surface area (TPSA) is 102 Å². The van der Waals surface area contributed by atoms with Gasteiger partial charge in [0, 0.05) is 32.1 Å². The van der Waals surface area contributed by atoms with Gasteiger partial charge in [0.05, 0.1) is 30.0 Å². The van der Waals surface area contributed by atoms with Crippen LogP contribution in [0.1, 0.15) is 32.8 Å². The predicted molar refractivity (Wildman–Crippen MR) is 140 cm³/mol. The van der Waals surface area contributed by atoms with Gasteiger partial charge in [-0.3, -0.25) is 9.79 Å². The van der Waals surface area contributed by atoms with E-state index in [0.717, 1.165) is 16.7 Å². The van der Waals surface area contributed by atoms with Crippen LogP contribution in [0.2, 0.25) is 0 Å². The fourth-order valence-corrected chi connectivity index (χ4v) is 3.92. The average molecular weight is 486 g/mol. The number of benzene rings is 3. The van der Waals surface area contributed by atoms with Crippen molar-refractivity contribution in [2.75, 3.05) is 25.6 Å². The van der Waals surface area contributed by atoms with Crippen LogP contribution in [0.15, 0.2) is 77.8 Å². The van der Waals surface area contributed by atoms with Crippen LogP contribution in [-0.2, 0) is 7.05 Å². The molecule has 0 unspecified atom stereocenters. The van der Waals surface area contributed by atoms with Crippen LogP contribution in [0, 0.1) is 0 Å². The molecule has 36 heavy (non-hydrogen) atoms. The molecule has 3 aromatic carbocycles. The molecule has 4 rings (SSSR count). The third kappa shape index (κ3) is 5.55. The van der Waals surface area contributed by atoms with Gasteiger partial charge >= 0.3 is 5.97 Å². The zero-order valence-electron chi connectivity index (χ0n) is 20.1. The van der Waals surface area contributed by atoms with Gasteiger partial charge in [0.25, 0.3) is 5.91 Å². The molecule has 0 aliphatic heterocycles. The number of amides is 1. The molecule has 0 aliphatic rings. The van der Waals surface area contributed by atoms with Gasteiger partial charge in [-0.25, -0.2) is 4.79 Å². The molecule has 8 nitrogen and oxygen atoms in total. The highest BCUT2D eigenvalue weighted by Crippen LogP contribution is 2.29. The highest BCUT2D eigenvalue weighted by Gasteiger charge is 2.19. The third-order valence-electron chi connectivity index (χ3n) is 5.61. The maximum atomic E-state index is 13.1. The summed E-state index contributed by atoms with van der Waals surface area (Å²) in [5.74, 6) is -0.0870. The summed E-state index contributed by atoms with van der Waals surface area (Å²) in [7, 11) is 3.38. The number of aromatic nitrogens is 1. The Morgan fingerprint density at radius 3 is 2.53 bits per heavy atom. The van der Waals surface area contributed by atoms with Crippen molar-refractivity contribution in [3.8, 4) is 11.5 Å². The average Bonchev–Trinajstić information content (AvgIpc) is 3.22. The summed E-state index contributed by atoms with van der Waals surface area (Å²) < 4.78 is 13.5.